The van der Waals surface area contributed by atoms with E-state index in [1.54, 1.807) is 12.1 Å². The number of phenols is 2. The Morgan fingerprint density at radius 3 is 1.55 bits per heavy atom. The maximum absolute atomic E-state index is 11.2. The van der Waals surface area contributed by atoms with E-state index in [0.29, 0.717) is 11.4 Å². The molecule has 0 aliphatic rings. The highest BCUT2D eigenvalue weighted by atomic mass is 16.4. The van der Waals surface area contributed by atoms with Crippen molar-refractivity contribution in [3.05, 3.63) is 89.0 Å². The number of aromatic nitrogens is 1. The zero-order chi connectivity index (χ0) is 29.7. The van der Waals surface area contributed by atoms with Crippen LogP contribution in [0.4, 0.5) is 11.4 Å². The smallest absolute Gasteiger partial charge is 0.339 e. The lowest BCUT2D eigenvalue weighted by atomic mass is 9.97. The van der Waals surface area contributed by atoms with Crippen LogP contribution in [0.1, 0.15) is 63.9 Å². The average molecular weight is 550 g/mol. The van der Waals surface area contributed by atoms with Gasteiger partial charge in [-0.1, -0.05) is 13.8 Å². The van der Waals surface area contributed by atoms with Crippen molar-refractivity contribution in [2.75, 3.05) is 10.0 Å². The van der Waals surface area contributed by atoms with Gasteiger partial charge in [-0.2, -0.15) is 0 Å². The Bertz CT molecular complexity index is 1400. The van der Waals surface area contributed by atoms with Crippen LogP contribution in [0, 0.1) is 0 Å². The van der Waals surface area contributed by atoms with Crippen molar-refractivity contribution in [3.63, 3.8) is 0 Å². The van der Waals surface area contributed by atoms with Crippen molar-refractivity contribution < 1.29 is 30.0 Å². The number of benzene rings is 2. The fraction of sp³-hybridized carbons (Fsp3) is 0.148. The number of aromatic hydroxyl groups is 2. The van der Waals surface area contributed by atoms with Crippen molar-refractivity contribution in [3.8, 4) is 11.5 Å². The SMILES string of the molecule is CCC(C)c1cc(/C(N)=C/N(N)c2ccc(C(=O)O)c(O)c2)nc(/C(N)=C/N(N)c2ccc(C(=O)O)c(O)c2)c1. The van der Waals surface area contributed by atoms with E-state index < -0.39 is 23.4 Å². The fourth-order valence-corrected chi connectivity index (χ4v) is 3.67. The van der Waals surface area contributed by atoms with Crippen LogP contribution < -0.4 is 33.2 Å². The predicted octanol–water partition coefficient (Wildman–Crippen LogP) is 2.68. The van der Waals surface area contributed by atoms with E-state index in [2.05, 4.69) is 4.98 Å². The van der Waals surface area contributed by atoms with Crippen LogP contribution in [-0.2, 0) is 0 Å². The zero-order valence-corrected chi connectivity index (χ0v) is 21.8. The summed E-state index contributed by atoms with van der Waals surface area (Å²) in [6.45, 7) is 4.04. The molecular weight excluding hydrogens is 518 g/mol. The largest absolute Gasteiger partial charge is 0.507 e. The molecule has 0 fully saturated rings. The molecule has 1 heterocycles. The van der Waals surface area contributed by atoms with Crippen LogP contribution in [-0.4, -0.2) is 37.3 Å². The zero-order valence-electron chi connectivity index (χ0n) is 21.8. The maximum atomic E-state index is 11.2. The van der Waals surface area contributed by atoms with Gasteiger partial charge >= 0.3 is 11.9 Å². The Labute approximate surface area is 229 Å². The first kappa shape index (κ1) is 29.3. The van der Waals surface area contributed by atoms with Crippen LogP contribution in [0.5, 0.6) is 11.5 Å². The van der Waals surface area contributed by atoms with Gasteiger partial charge in [0.15, 0.2) is 0 Å². The molecule has 0 radical (unpaired) electrons. The van der Waals surface area contributed by atoms with Crippen LogP contribution >= 0.6 is 0 Å². The van der Waals surface area contributed by atoms with Gasteiger partial charge in [-0.15, -0.1) is 0 Å². The van der Waals surface area contributed by atoms with Gasteiger partial charge in [-0.05, 0) is 54.3 Å². The van der Waals surface area contributed by atoms with E-state index in [1.165, 1.54) is 48.8 Å². The van der Waals surface area contributed by atoms with Crippen molar-refractivity contribution in [2.45, 2.75) is 26.2 Å². The van der Waals surface area contributed by atoms with E-state index in [9.17, 15) is 19.8 Å². The quantitative estimate of drug-likeness (QED) is 0.134. The summed E-state index contributed by atoms with van der Waals surface area (Å²) >= 11 is 0. The third-order valence-corrected chi connectivity index (χ3v) is 6.20. The molecule has 40 heavy (non-hydrogen) atoms. The number of anilines is 2. The molecule has 13 heteroatoms. The lowest BCUT2D eigenvalue weighted by Gasteiger charge is -2.18. The van der Waals surface area contributed by atoms with E-state index >= 15 is 0 Å². The second-order valence-corrected chi connectivity index (χ2v) is 8.98. The van der Waals surface area contributed by atoms with E-state index in [1.807, 2.05) is 13.8 Å². The molecule has 1 atom stereocenters. The number of hydrogen-bond acceptors (Lipinski definition) is 11. The van der Waals surface area contributed by atoms with Gasteiger partial charge in [-0.3, -0.25) is 10.0 Å². The molecule has 0 aliphatic carbocycles. The summed E-state index contributed by atoms with van der Waals surface area (Å²) in [5.74, 6) is 8.83. The minimum atomic E-state index is -1.28. The third kappa shape index (κ3) is 6.59. The number of pyridine rings is 1. The molecule has 2 aromatic carbocycles. The first-order valence-corrected chi connectivity index (χ1v) is 12.0. The van der Waals surface area contributed by atoms with Gasteiger partial charge in [0.2, 0.25) is 0 Å². The summed E-state index contributed by atoms with van der Waals surface area (Å²) in [6, 6.07) is 11.2. The van der Waals surface area contributed by atoms with E-state index in [0.717, 1.165) is 22.0 Å². The number of nitrogens with two attached hydrogens (primary N) is 4. The van der Waals surface area contributed by atoms with Gasteiger partial charge in [0.05, 0.1) is 34.2 Å². The van der Waals surface area contributed by atoms with E-state index in [-0.39, 0.29) is 39.8 Å². The lowest BCUT2D eigenvalue weighted by Crippen LogP contribution is -2.26. The second-order valence-electron chi connectivity index (χ2n) is 8.98. The molecule has 1 aromatic heterocycles. The predicted molar refractivity (Wildman–Crippen MR) is 151 cm³/mol. The van der Waals surface area contributed by atoms with Crippen molar-refractivity contribution in [1.82, 2.24) is 4.98 Å². The van der Waals surface area contributed by atoms with Crippen LogP contribution in [0.15, 0.2) is 60.9 Å². The van der Waals surface area contributed by atoms with Crippen molar-refractivity contribution in [2.24, 2.45) is 23.2 Å². The Hall–Kier alpha value is -5.27. The highest BCUT2D eigenvalue weighted by molar-refractivity contribution is 5.92. The average Bonchev–Trinajstić information content (AvgIpc) is 2.91. The van der Waals surface area contributed by atoms with Crippen LogP contribution in [0.25, 0.3) is 11.4 Å². The molecule has 3 aromatic rings. The van der Waals surface area contributed by atoms with Gasteiger partial charge in [0, 0.05) is 24.5 Å². The Morgan fingerprint density at radius 1 is 0.825 bits per heavy atom. The molecule has 0 saturated carbocycles. The highest BCUT2D eigenvalue weighted by Gasteiger charge is 2.16. The van der Waals surface area contributed by atoms with Crippen molar-refractivity contribution in [1.29, 1.82) is 0 Å². The van der Waals surface area contributed by atoms with E-state index in [4.69, 9.17) is 33.4 Å². The molecule has 0 spiro atoms. The first-order chi connectivity index (χ1) is 18.8. The Balaban J connectivity index is 1.98. The summed E-state index contributed by atoms with van der Waals surface area (Å²) in [7, 11) is 0. The summed E-state index contributed by atoms with van der Waals surface area (Å²) < 4.78 is 0. The topological polar surface area (TPSA) is 239 Å². The van der Waals surface area contributed by atoms with Crippen LogP contribution in [0.2, 0.25) is 0 Å². The normalized spacial score (nSPS) is 12.6. The molecule has 12 N–H and O–H groups in total. The molecule has 0 saturated heterocycles. The summed E-state index contributed by atoms with van der Waals surface area (Å²) in [5, 5.41) is 40.4. The highest BCUT2D eigenvalue weighted by Crippen LogP contribution is 2.28. The fourth-order valence-electron chi connectivity index (χ4n) is 3.67. The molecule has 0 bridgehead atoms. The first-order valence-electron chi connectivity index (χ1n) is 12.0. The summed E-state index contributed by atoms with van der Waals surface area (Å²) in [4.78, 5) is 26.9. The molecule has 13 nitrogen and oxygen atoms in total. The molecule has 3 rings (SSSR count). The number of carboxylic acid groups (broad SMARTS) is 2. The number of hydrogen-bond donors (Lipinski definition) is 8. The minimum absolute atomic E-state index is 0.116. The number of rotatable bonds is 10. The molecule has 0 amide bonds. The minimum Gasteiger partial charge on any atom is -0.507 e. The van der Waals surface area contributed by atoms with Gasteiger partial charge in [0.25, 0.3) is 0 Å². The number of aromatic carboxylic acids is 2. The Kier molecular flexibility index (Phi) is 8.83. The van der Waals surface area contributed by atoms with Crippen molar-refractivity contribution >= 4 is 34.7 Å². The number of carbonyl (C=O) groups is 2. The van der Waals surface area contributed by atoms with Gasteiger partial charge < -0.3 is 31.9 Å². The third-order valence-electron chi connectivity index (χ3n) is 6.20. The molecular formula is C27H31N7O6. The maximum Gasteiger partial charge on any atom is 0.339 e. The lowest BCUT2D eigenvalue weighted by molar-refractivity contribution is 0.0682. The summed E-state index contributed by atoms with van der Waals surface area (Å²) in [5.41, 5.74) is 14.5. The summed E-state index contributed by atoms with van der Waals surface area (Å²) in [6.07, 6.45) is 3.54. The molecule has 210 valence electrons. The Morgan fingerprint density at radius 2 is 1.23 bits per heavy atom. The molecule has 1 unspecified atom stereocenters. The number of hydrazine groups is 2. The number of carboxylic acids is 2. The monoisotopic (exact) mass is 549 g/mol. The second kappa shape index (κ2) is 12.1. The number of nitrogens with zero attached hydrogens (tertiary/aromatic N) is 3. The van der Waals surface area contributed by atoms with Gasteiger partial charge in [-0.25, -0.2) is 26.3 Å². The van der Waals surface area contributed by atoms with Gasteiger partial charge in [0.1, 0.15) is 22.6 Å². The van der Waals surface area contributed by atoms with Crippen LogP contribution in [0.3, 0.4) is 0 Å². The standard InChI is InChI=1S/C27H31N7O6/c1-3-14(2)15-8-22(20(28)12-33(30)16-4-6-18(26(37)38)24(35)10-16)32-23(9-15)21(29)13-34(31)17-5-7-19(27(39)40)25(36)11-17/h4-14,35-36H,3,28-31H2,1-2H3,(H,37,38)(H,39,40)/b20-12-,21-13-. The molecule has 0 aliphatic heterocycles.